The maximum absolute atomic E-state index is 10.8. The zero-order valence-corrected chi connectivity index (χ0v) is 8.77. The first-order valence-electron chi connectivity index (χ1n) is 4.49. The Labute approximate surface area is 88.5 Å². The lowest BCUT2D eigenvalue weighted by Crippen LogP contribution is -1.96. The second-order valence-electron chi connectivity index (χ2n) is 2.82. The average molecular weight is 207 g/mol. The number of hydrogen-bond donors (Lipinski definition) is 0. The fourth-order valence-corrected chi connectivity index (χ4v) is 0.986. The molecule has 0 N–H and O–H groups in total. The van der Waals surface area contributed by atoms with E-state index in [0.717, 1.165) is 5.56 Å². The van der Waals surface area contributed by atoms with E-state index in [1.165, 1.54) is 7.11 Å². The molecule has 0 amide bonds. The first-order chi connectivity index (χ1) is 7.26. The van der Waals surface area contributed by atoms with Crippen molar-refractivity contribution in [3.05, 3.63) is 30.0 Å². The van der Waals surface area contributed by atoms with Gasteiger partial charge >= 0.3 is 5.97 Å². The van der Waals surface area contributed by atoms with E-state index in [2.05, 4.69) is 9.72 Å². The van der Waals surface area contributed by atoms with Gasteiger partial charge in [0.15, 0.2) is 0 Å². The van der Waals surface area contributed by atoms with Crippen LogP contribution in [-0.2, 0) is 9.53 Å². The third kappa shape index (κ3) is 3.81. The van der Waals surface area contributed by atoms with Crippen molar-refractivity contribution in [2.75, 3.05) is 14.2 Å². The molecule has 15 heavy (non-hydrogen) atoms. The number of methoxy groups -OCH3 is 2. The predicted molar refractivity (Wildman–Crippen MR) is 56.5 cm³/mol. The number of esters is 1. The first-order valence-corrected chi connectivity index (χ1v) is 4.49. The largest absolute Gasteiger partial charge is 0.481 e. The van der Waals surface area contributed by atoms with Crippen molar-refractivity contribution in [3.63, 3.8) is 0 Å². The lowest BCUT2D eigenvalue weighted by Gasteiger charge is -1.97. The van der Waals surface area contributed by atoms with Crippen LogP contribution in [0.25, 0.3) is 6.08 Å². The Hall–Kier alpha value is -1.84. The molecule has 0 spiro atoms. The highest BCUT2D eigenvalue weighted by atomic mass is 16.5. The summed E-state index contributed by atoms with van der Waals surface area (Å²) in [6.45, 7) is 0. The van der Waals surface area contributed by atoms with Crippen molar-refractivity contribution in [3.8, 4) is 5.88 Å². The van der Waals surface area contributed by atoms with Crippen molar-refractivity contribution < 1.29 is 14.3 Å². The van der Waals surface area contributed by atoms with E-state index in [4.69, 9.17) is 4.74 Å². The Morgan fingerprint density at radius 2 is 2.27 bits per heavy atom. The molecule has 0 aliphatic rings. The third-order valence-corrected chi connectivity index (χ3v) is 1.79. The van der Waals surface area contributed by atoms with Gasteiger partial charge in [-0.15, -0.1) is 0 Å². The number of pyridine rings is 1. The number of carbonyl (C=O) groups is 1. The topological polar surface area (TPSA) is 48.4 Å². The molecular formula is C11H13NO3. The number of aromatic nitrogens is 1. The van der Waals surface area contributed by atoms with Gasteiger partial charge in [-0.3, -0.25) is 4.79 Å². The van der Waals surface area contributed by atoms with Gasteiger partial charge in [0.05, 0.1) is 20.6 Å². The highest BCUT2D eigenvalue weighted by Crippen LogP contribution is 2.08. The monoisotopic (exact) mass is 207 g/mol. The standard InChI is InChI=1S/C11H13NO3/c1-14-10-7-6-9(8-12-10)4-3-5-11(13)15-2/h3-4,6-8H,5H2,1-2H3. The molecule has 1 aromatic heterocycles. The molecule has 0 saturated heterocycles. The molecule has 4 nitrogen and oxygen atoms in total. The highest BCUT2D eigenvalue weighted by molar-refractivity contribution is 5.72. The molecule has 1 heterocycles. The van der Waals surface area contributed by atoms with Crippen LogP contribution in [0.2, 0.25) is 0 Å². The highest BCUT2D eigenvalue weighted by Gasteiger charge is 1.95. The fraction of sp³-hybridized carbons (Fsp3) is 0.273. The van der Waals surface area contributed by atoms with Gasteiger partial charge in [-0.1, -0.05) is 12.2 Å². The van der Waals surface area contributed by atoms with E-state index in [1.807, 2.05) is 12.1 Å². The molecule has 1 rings (SSSR count). The lowest BCUT2D eigenvalue weighted by atomic mass is 10.2. The van der Waals surface area contributed by atoms with Gasteiger partial charge < -0.3 is 9.47 Å². The summed E-state index contributed by atoms with van der Waals surface area (Å²) in [6.07, 6.45) is 5.48. The van der Waals surface area contributed by atoms with Crippen molar-refractivity contribution in [1.82, 2.24) is 4.98 Å². The molecule has 0 aliphatic heterocycles. The summed E-state index contributed by atoms with van der Waals surface area (Å²) in [5.74, 6) is 0.313. The predicted octanol–water partition coefficient (Wildman–Crippen LogP) is 1.67. The fourth-order valence-electron chi connectivity index (χ4n) is 0.986. The third-order valence-electron chi connectivity index (χ3n) is 1.79. The zero-order chi connectivity index (χ0) is 11.1. The Kier molecular flexibility index (Phi) is 4.34. The summed E-state index contributed by atoms with van der Waals surface area (Å²) in [5, 5.41) is 0. The number of carbonyl (C=O) groups excluding carboxylic acids is 1. The molecule has 1 aromatic rings. The van der Waals surface area contributed by atoms with Crippen LogP contribution in [-0.4, -0.2) is 25.2 Å². The Morgan fingerprint density at radius 1 is 1.47 bits per heavy atom. The summed E-state index contributed by atoms with van der Waals surface area (Å²) in [5.41, 5.74) is 0.916. The van der Waals surface area contributed by atoms with E-state index in [-0.39, 0.29) is 12.4 Å². The molecule has 0 fully saturated rings. The molecule has 0 atom stereocenters. The van der Waals surface area contributed by atoms with Crippen molar-refractivity contribution in [2.45, 2.75) is 6.42 Å². The average Bonchev–Trinajstić information content (AvgIpc) is 2.29. The Bertz CT molecular complexity index is 343. The number of nitrogens with zero attached hydrogens (tertiary/aromatic N) is 1. The van der Waals surface area contributed by atoms with Gasteiger partial charge in [0.1, 0.15) is 0 Å². The number of rotatable bonds is 4. The van der Waals surface area contributed by atoms with Crippen LogP contribution in [0.3, 0.4) is 0 Å². The van der Waals surface area contributed by atoms with Crippen LogP contribution in [0.1, 0.15) is 12.0 Å². The second kappa shape index (κ2) is 5.80. The van der Waals surface area contributed by atoms with Gasteiger partial charge in [0, 0.05) is 12.3 Å². The number of hydrogen-bond acceptors (Lipinski definition) is 4. The molecule has 0 radical (unpaired) electrons. The molecule has 0 unspecified atom stereocenters. The Balaban J connectivity index is 2.53. The zero-order valence-electron chi connectivity index (χ0n) is 8.77. The van der Waals surface area contributed by atoms with E-state index in [1.54, 1.807) is 25.4 Å². The summed E-state index contributed by atoms with van der Waals surface area (Å²) >= 11 is 0. The summed E-state index contributed by atoms with van der Waals surface area (Å²) in [7, 11) is 2.93. The quantitative estimate of drug-likeness (QED) is 0.704. The summed E-state index contributed by atoms with van der Waals surface area (Å²) in [4.78, 5) is 14.8. The molecular weight excluding hydrogens is 194 g/mol. The molecule has 0 bridgehead atoms. The molecule has 4 heteroatoms. The minimum Gasteiger partial charge on any atom is -0.481 e. The SMILES string of the molecule is COC(=O)CC=Cc1ccc(OC)nc1. The van der Waals surface area contributed by atoms with Crippen molar-refractivity contribution >= 4 is 12.0 Å². The van der Waals surface area contributed by atoms with Gasteiger partial charge in [-0.05, 0) is 11.6 Å². The van der Waals surface area contributed by atoms with Crippen molar-refractivity contribution in [2.24, 2.45) is 0 Å². The van der Waals surface area contributed by atoms with E-state index < -0.39 is 0 Å². The van der Waals surface area contributed by atoms with E-state index in [9.17, 15) is 4.79 Å². The van der Waals surface area contributed by atoms with Gasteiger partial charge in [0.2, 0.25) is 5.88 Å². The normalized spacial score (nSPS) is 10.3. The summed E-state index contributed by atoms with van der Waals surface area (Å²) < 4.78 is 9.42. The maximum atomic E-state index is 10.8. The van der Waals surface area contributed by atoms with E-state index >= 15 is 0 Å². The first kappa shape index (κ1) is 11.2. The molecule has 0 aromatic carbocycles. The molecule has 0 aliphatic carbocycles. The minimum absolute atomic E-state index is 0.257. The smallest absolute Gasteiger partial charge is 0.309 e. The second-order valence-corrected chi connectivity index (χ2v) is 2.82. The van der Waals surface area contributed by atoms with Crippen LogP contribution in [0.5, 0.6) is 5.88 Å². The lowest BCUT2D eigenvalue weighted by molar-refractivity contribution is -0.139. The van der Waals surface area contributed by atoms with Crippen LogP contribution in [0.4, 0.5) is 0 Å². The number of ether oxygens (including phenoxy) is 2. The minimum atomic E-state index is -0.257. The Morgan fingerprint density at radius 3 is 2.80 bits per heavy atom. The van der Waals surface area contributed by atoms with Crippen LogP contribution < -0.4 is 4.74 Å². The van der Waals surface area contributed by atoms with Crippen LogP contribution in [0.15, 0.2) is 24.4 Å². The molecule has 80 valence electrons. The van der Waals surface area contributed by atoms with Gasteiger partial charge in [0.25, 0.3) is 0 Å². The van der Waals surface area contributed by atoms with Gasteiger partial charge in [-0.2, -0.15) is 0 Å². The summed E-state index contributed by atoms with van der Waals surface area (Å²) in [6, 6.07) is 3.62. The van der Waals surface area contributed by atoms with Crippen molar-refractivity contribution in [1.29, 1.82) is 0 Å². The van der Waals surface area contributed by atoms with E-state index in [0.29, 0.717) is 5.88 Å². The molecule has 0 saturated carbocycles. The maximum Gasteiger partial charge on any atom is 0.309 e. The van der Waals surface area contributed by atoms with Crippen LogP contribution in [0, 0.1) is 0 Å². The van der Waals surface area contributed by atoms with Gasteiger partial charge in [-0.25, -0.2) is 4.98 Å². The van der Waals surface area contributed by atoms with Crippen LogP contribution >= 0.6 is 0 Å².